The Labute approximate surface area is 156 Å². The maximum Gasteiger partial charge on any atom is 0.219 e. The Morgan fingerprint density at radius 2 is 1.88 bits per heavy atom. The molecule has 4 rings (SSSR count). The van der Waals surface area contributed by atoms with Crippen LogP contribution in [-0.4, -0.2) is 35.5 Å². The molecule has 2 aromatic rings. The lowest BCUT2D eigenvalue weighted by Gasteiger charge is -2.43. The maximum absolute atomic E-state index is 11.5. The topological polar surface area (TPSA) is 55.8 Å². The molecule has 0 radical (unpaired) electrons. The van der Waals surface area contributed by atoms with E-state index in [4.69, 9.17) is 9.47 Å². The van der Waals surface area contributed by atoms with Crippen LogP contribution in [0.15, 0.2) is 30.3 Å². The van der Waals surface area contributed by atoms with E-state index in [9.17, 15) is 9.59 Å². The average Bonchev–Trinajstić information content (AvgIpc) is 3.12. The first-order valence-corrected chi connectivity index (χ1v) is 9.60. The minimum atomic E-state index is -0.620. The number of benzene rings is 1. The molecule has 1 amide bonds. The standard InChI is InChI=1S/C20H21NO4S/c1-13(22)18-5-6-19(26-18)15-3-4-17-16(11-15)12-24-20(25-17)7-9-21(10-8-20)14(2)23/h3-6,11H,7-10,12H2,1-2H3. The third-order valence-electron chi connectivity index (χ3n) is 5.06. The summed E-state index contributed by atoms with van der Waals surface area (Å²) < 4.78 is 12.3. The van der Waals surface area contributed by atoms with Gasteiger partial charge in [0, 0.05) is 43.3 Å². The van der Waals surface area contributed by atoms with E-state index >= 15 is 0 Å². The maximum atomic E-state index is 11.5. The molecule has 5 nitrogen and oxygen atoms in total. The van der Waals surface area contributed by atoms with Crippen LogP contribution in [0.3, 0.4) is 0 Å². The first-order chi connectivity index (χ1) is 12.5. The minimum absolute atomic E-state index is 0.0877. The minimum Gasteiger partial charge on any atom is -0.462 e. The predicted octanol–water partition coefficient (Wildman–Crippen LogP) is 3.87. The first-order valence-electron chi connectivity index (χ1n) is 8.78. The summed E-state index contributed by atoms with van der Waals surface area (Å²) in [4.78, 5) is 26.7. The van der Waals surface area contributed by atoms with Crippen LogP contribution in [0.25, 0.3) is 10.4 Å². The van der Waals surface area contributed by atoms with Gasteiger partial charge < -0.3 is 14.4 Å². The van der Waals surface area contributed by atoms with Gasteiger partial charge in [-0.1, -0.05) is 0 Å². The third kappa shape index (κ3) is 3.15. The molecule has 2 aliphatic heterocycles. The van der Waals surface area contributed by atoms with Gasteiger partial charge in [0.25, 0.3) is 0 Å². The molecule has 26 heavy (non-hydrogen) atoms. The molecule has 1 aromatic heterocycles. The molecule has 0 bridgehead atoms. The quantitative estimate of drug-likeness (QED) is 0.752. The molecule has 1 saturated heterocycles. The lowest BCUT2D eigenvalue weighted by atomic mass is 10.0. The zero-order valence-corrected chi connectivity index (χ0v) is 15.7. The van der Waals surface area contributed by atoms with Gasteiger partial charge in [0.15, 0.2) is 5.78 Å². The highest BCUT2D eigenvalue weighted by molar-refractivity contribution is 7.17. The molecule has 1 fully saturated rings. The van der Waals surface area contributed by atoms with Gasteiger partial charge in [0.2, 0.25) is 11.7 Å². The molecule has 6 heteroatoms. The molecule has 0 unspecified atom stereocenters. The van der Waals surface area contributed by atoms with Crippen LogP contribution in [0.4, 0.5) is 0 Å². The Morgan fingerprint density at radius 1 is 1.12 bits per heavy atom. The van der Waals surface area contributed by atoms with E-state index in [1.807, 2.05) is 29.2 Å². The molecule has 2 aliphatic rings. The monoisotopic (exact) mass is 371 g/mol. The molecule has 3 heterocycles. The normalized spacial score (nSPS) is 18.3. The van der Waals surface area contributed by atoms with E-state index in [0.29, 0.717) is 32.5 Å². The number of ether oxygens (including phenoxy) is 2. The van der Waals surface area contributed by atoms with Crippen LogP contribution in [0.5, 0.6) is 5.75 Å². The van der Waals surface area contributed by atoms with E-state index in [0.717, 1.165) is 26.6 Å². The van der Waals surface area contributed by atoms with Gasteiger partial charge in [-0.25, -0.2) is 0 Å². The van der Waals surface area contributed by atoms with Crippen LogP contribution in [0, 0.1) is 0 Å². The predicted molar refractivity (Wildman–Crippen MR) is 99.4 cm³/mol. The number of hydrogen-bond donors (Lipinski definition) is 0. The molecule has 0 atom stereocenters. The number of nitrogens with zero attached hydrogens (tertiary/aromatic N) is 1. The zero-order valence-electron chi connectivity index (χ0n) is 14.9. The number of fused-ring (bicyclic) bond motifs is 1. The highest BCUT2D eigenvalue weighted by Gasteiger charge is 2.41. The van der Waals surface area contributed by atoms with Crippen molar-refractivity contribution in [3.63, 3.8) is 0 Å². The Balaban J connectivity index is 1.52. The largest absolute Gasteiger partial charge is 0.462 e. The second-order valence-electron chi connectivity index (χ2n) is 6.85. The smallest absolute Gasteiger partial charge is 0.219 e. The summed E-state index contributed by atoms with van der Waals surface area (Å²) in [6, 6.07) is 9.93. The number of ketones is 1. The summed E-state index contributed by atoms with van der Waals surface area (Å²) in [5, 5.41) is 0. The summed E-state index contributed by atoms with van der Waals surface area (Å²) >= 11 is 1.50. The van der Waals surface area contributed by atoms with Crippen molar-refractivity contribution in [1.82, 2.24) is 4.90 Å². The molecular formula is C20H21NO4S. The Bertz CT molecular complexity index is 864. The van der Waals surface area contributed by atoms with E-state index in [2.05, 4.69) is 6.07 Å². The van der Waals surface area contributed by atoms with Crippen LogP contribution in [0.2, 0.25) is 0 Å². The van der Waals surface area contributed by atoms with Gasteiger partial charge >= 0.3 is 0 Å². The lowest BCUT2D eigenvalue weighted by molar-refractivity contribution is -0.227. The molecule has 0 N–H and O–H groups in total. The van der Waals surface area contributed by atoms with Crippen LogP contribution < -0.4 is 4.74 Å². The summed E-state index contributed by atoms with van der Waals surface area (Å²) in [6.07, 6.45) is 1.36. The van der Waals surface area contributed by atoms with Crippen molar-refractivity contribution < 1.29 is 19.1 Å². The fraction of sp³-hybridized carbons (Fsp3) is 0.400. The van der Waals surface area contributed by atoms with Crippen molar-refractivity contribution in [2.45, 2.75) is 39.1 Å². The van der Waals surface area contributed by atoms with Gasteiger partial charge in [0.05, 0.1) is 11.5 Å². The van der Waals surface area contributed by atoms with Crippen molar-refractivity contribution in [1.29, 1.82) is 0 Å². The van der Waals surface area contributed by atoms with Gasteiger partial charge in [-0.15, -0.1) is 11.3 Å². The van der Waals surface area contributed by atoms with Crippen LogP contribution >= 0.6 is 11.3 Å². The number of rotatable bonds is 2. The molecule has 0 aliphatic carbocycles. The van der Waals surface area contributed by atoms with Crippen molar-refractivity contribution in [2.24, 2.45) is 0 Å². The van der Waals surface area contributed by atoms with Crippen molar-refractivity contribution in [3.05, 3.63) is 40.8 Å². The number of Topliss-reactive ketones (excluding diaryl/α,β-unsaturated/α-hetero) is 1. The summed E-state index contributed by atoms with van der Waals surface area (Å²) in [7, 11) is 0. The molecule has 1 spiro atoms. The fourth-order valence-electron chi connectivity index (χ4n) is 3.48. The van der Waals surface area contributed by atoms with Gasteiger partial charge in [-0.05, 0) is 42.8 Å². The number of amides is 1. The molecular weight excluding hydrogens is 350 g/mol. The number of thiophene rings is 1. The number of hydrogen-bond acceptors (Lipinski definition) is 5. The van der Waals surface area contributed by atoms with Crippen molar-refractivity contribution in [2.75, 3.05) is 13.1 Å². The van der Waals surface area contributed by atoms with E-state index in [-0.39, 0.29) is 11.7 Å². The Kier molecular flexibility index (Phi) is 4.32. The fourth-order valence-corrected chi connectivity index (χ4v) is 4.37. The van der Waals surface area contributed by atoms with E-state index < -0.39 is 5.79 Å². The van der Waals surface area contributed by atoms with Crippen molar-refractivity contribution in [3.8, 4) is 16.2 Å². The number of carbonyl (C=O) groups excluding carboxylic acids is 2. The average molecular weight is 371 g/mol. The van der Waals surface area contributed by atoms with Gasteiger partial charge in [0.1, 0.15) is 5.75 Å². The number of likely N-dealkylation sites (tertiary alicyclic amines) is 1. The van der Waals surface area contributed by atoms with Gasteiger partial charge in [-0.2, -0.15) is 0 Å². The molecule has 0 saturated carbocycles. The van der Waals surface area contributed by atoms with Gasteiger partial charge in [-0.3, -0.25) is 9.59 Å². The summed E-state index contributed by atoms with van der Waals surface area (Å²) in [5.74, 6) is 0.413. The highest BCUT2D eigenvalue weighted by Crippen LogP contribution is 2.40. The second kappa shape index (κ2) is 6.52. The first kappa shape index (κ1) is 17.2. The van der Waals surface area contributed by atoms with E-state index in [1.54, 1.807) is 13.8 Å². The van der Waals surface area contributed by atoms with Crippen LogP contribution in [-0.2, 0) is 16.1 Å². The highest BCUT2D eigenvalue weighted by atomic mass is 32.1. The van der Waals surface area contributed by atoms with Crippen molar-refractivity contribution >= 4 is 23.0 Å². The SMILES string of the molecule is CC(=O)c1ccc(-c2ccc3c(c2)COC2(CCN(C(C)=O)CC2)O3)s1. The van der Waals surface area contributed by atoms with Crippen LogP contribution in [0.1, 0.15) is 41.9 Å². The molecule has 1 aromatic carbocycles. The number of piperidine rings is 1. The number of carbonyl (C=O) groups is 2. The zero-order chi connectivity index (χ0) is 18.3. The second-order valence-corrected chi connectivity index (χ2v) is 7.93. The summed E-state index contributed by atoms with van der Waals surface area (Å²) in [6.45, 7) is 4.99. The Morgan fingerprint density at radius 3 is 2.54 bits per heavy atom. The lowest BCUT2D eigenvalue weighted by Crippen LogP contribution is -2.52. The molecule has 136 valence electrons. The third-order valence-corrected chi connectivity index (χ3v) is 6.29. The summed E-state index contributed by atoms with van der Waals surface area (Å²) in [5.41, 5.74) is 2.08. The Hall–Kier alpha value is -2.18. The van der Waals surface area contributed by atoms with E-state index in [1.165, 1.54) is 11.3 Å².